The summed E-state index contributed by atoms with van der Waals surface area (Å²) in [7, 11) is 0. The largest absolute Gasteiger partial charge is 0.478 e. The van der Waals surface area contributed by atoms with Gasteiger partial charge in [0.2, 0.25) is 0 Å². The van der Waals surface area contributed by atoms with Crippen molar-refractivity contribution in [2.75, 3.05) is 0 Å². The van der Waals surface area contributed by atoms with E-state index < -0.39 is 5.97 Å². The van der Waals surface area contributed by atoms with Gasteiger partial charge in [-0.05, 0) is 40.1 Å². The van der Waals surface area contributed by atoms with Crippen molar-refractivity contribution in [1.82, 2.24) is 0 Å². The molecule has 1 N–H and O–H groups in total. The highest BCUT2D eigenvalue weighted by Crippen LogP contribution is 2.32. The van der Waals surface area contributed by atoms with Crippen molar-refractivity contribution in [3.63, 3.8) is 0 Å². The molecule has 0 radical (unpaired) electrons. The van der Waals surface area contributed by atoms with Gasteiger partial charge in [0.05, 0.1) is 5.56 Å². The van der Waals surface area contributed by atoms with Gasteiger partial charge in [-0.25, -0.2) is 4.79 Å². The fraction of sp³-hybridized carbons (Fsp3) is 0. The molecular formula is C17H11BrO2. The van der Waals surface area contributed by atoms with Crippen LogP contribution in [0.5, 0.6) is 0 Å². The van der Waals surface area contributed by atoms with Crippen molar-refractivity contribution >= 4 is 32.7 Å². The van der Waals surface area contributed by atoms with Gasteiger partial charge in [0.1, 0.15) is 0 Å². The molecule has 0 fully saturated rings. The van der Waals surface area contributed by atoms with Crippen molar-refractivity contribution in [1.29, 1.82) is 0 Å². The lowest BCUT2D eigenvalue weighted by atomic mass is 9.95. The number of carboxylic acid groups (broad SMARTS) is 1. The first-order valence-electron chi connectivity index (χ1n) is 6.18. The van der Waals surface area contributed by atoms with Crippen LogP contribution in [0, 0.1) is 0 Å². The fourth-order valence-corrected chi connectivity index (χ4v) is 2.75. The Bertz CT molecular complexity index is 804. The van der Waals surface area contributed by atoms with Crippen LogP contribution in [-0.4, -0.2) is 11.1 Å². The number of halogens is 1. The summed E-state index contributed by atoms with van der Waals surface area (Å²) in [4.78, 5) is 11.4. The summed E-state index contributed by atoms with van der Waals surface area (Å²) < 4.78 is 0.866. The lowest BCUT2D eigenvalue weighted by molar-refractivity contribution is 0.0697. The Balaban J connectivity index is 2.36. The number of carboxylic acids is 1. The predicted octanol–water partition coefficient (Wildman–Crippen LogP) is 4.97. The maximum atomic E-state index is 11.4. The van der Waals surface area contributed by atoms with Gasteiger partial charge in [0.25, 0.3) is 0 Å². The summed E-state index contributed by atoms with van der Waals surface area (Å²) >= 11 is 3.41. The smallest absolute Gasteiger partial charge is 0.336 e. The Hall–Kier alpha value is -2.13. The number of hydrogen-bond acceptors (Lipinski definition) is 1. The van der Waals surface area contributed by atoms with Gasteiger partial charge in [-0.3, -0.25) is 0 Å². The highest BCUT2D eigenvalue weighted by molar-refractivity contribution is 9.10. The summed E-state index contributed by atoms with van der Waals surface area (Å²) in [5.74, 6) is -0.916. The Morgan fingerprint density at radius 3 is 2.45 bits per heavy atom. The molecule has 0 heterocycles. The van der Waals surface area contributed by atoms with Crippen LogP contribution >= 0.6 is 15.9 Å². The summed E-state index contributed by atoms with van der Waals surface area (Å²) in [5.41, 5.74) is 1.97. The molecule has 0 spiro atoms. The van der Waals surface area contributed by atoms with Crippen molar-refractivity contribution in [2.24, 2.45) is 0 Å². The zero-order chi connectivity index (χ0) is 14.1. The van der Waals surface area contributed by atoms with E-state index in [1.807, 2.05) is 48.5 Å². The first kappa shape index (κ1) is 12.9. The number of carbonyl (C=O) groups is 1. The van der Waals surface area contributed by atoms with E-state index in [9.17, 15) is 9.90 Å². The van der Waals surface area contributed by atoms with Gasteiger partial charge in [-0.1, -0.05) is 58.4 Å². The highest BCUT2D eigenvalue weighted by atomic mass is 79.9. The molecule has 0 aliphatic rings. The molecule has 2 nitrogen and oxygen atoms in total. The molecule has 98 valence electrons. The minimum absolute atomic E-state index is 0.310. The van der Waals surface area contributed by atoms with E-state index in [2.05, 4.69) is 15.9 Å². The third-order valence-electron chi connectivity index (χ3n) is 3.29. The topological polar surface area (TPSA) is 37.3 Å². The summed E-state index contributed by atoms with van der Waals surface area (Å²) in [6, 6.07) is 19.1. The van der Waals surface area contributed by atoms with Gasteiger partial charge in [-0.2, -0.15) is 0 Å². The zero-order valence-electron chi connectivity index (χ0n) is 10.5. The number of rotatable bonds is 2. The molecule has 3 heteroatoms. The van der Waals surface area contributed by atoms with Crippen LogP contribution < -0.4 is 0 Å². The SMILES string of the molecule is O=C(O)c1ccc(Br)cc1-c1cccc2ccccc12. The summed E-state index contributed by atoms with van der Waals surface area (Å²) in [5, 5.41) is 11.5. The average Bonchev–Trinajstić information content (AvgIpc) is 2.46. The van der Waals surface area contributed by atoms with E-state index in [1.54, 1.807) is 12.1 Å². The summed E-state index contributed by atoms with van der Waals surface area (Å²) in [6.07, 6.45) is 0. The second-order valence-electron chi connectivity index (χ2n) is 4.52. The maximum absolute atomic E-state index is 11.4. The molecule has 0 amide bonds. The minimum Gasteiger partial charge on any atom is -0.478 e. The number of fused-ring (bicyclic) bond motifs is 1. The molecule has 3 rings (SSSR count). The highest BCUT2D eigenvalue weighted by Gasteiger charge is 2.13. The molecule has 0 bridgehead atoms. The Kier molecular flexibility index (Phi) is 3.28. The number of aromatic carboxylic acids is 1. The first-order chi connectivity index (χ1) is 9.66. The Morgan fingerprint density at radius 1 is 0.900 bits per heavy atom. The second-order valence-corrected chi connectivity index (χ2v) is 5.44. The molecular weight excluding hydrogens is 316 g/mol. The van der Waals surface area contributed by atoms with Crippen LogP contribution in [0.1, 0.15) is 10.4 Å². The fourth-order valence-electron chi connectivity index (χ4n) is 2.39. The average molecular weight is 327 g/mol. The van der Waals surface area contributed by atoms with Crippen LogP contribution in [0.2, 0.25) is 0 Å². The van der Waals surface area contributed by atoms with E-state index in [0.29, 0.717) is 5.56 Å². The van der Waals surface area contributed by atoms with Crippen molar-refractivity contribution in [2.45, 2.75) is 0 Å². The van der Waals surface area contributed by atoms with Crippen LogP contribution in [0.3, 0.4) is 0 Å². The minimum atomic E-state index is -0.916. The molecule has 3 aromatic rings. The monoisotopic (exact) mass is 326 g/mol. The van der Waals surface area contributed by atoms with Gasteiger partial charge >= 0.3 is 5.97 Å². The molecule has 0 saturated heterocycles. The van der Waals surface area contributed by atoms with Gasteiger partial charge in [0.15, 0.2) is 0 Å². The second kappa shape index (κ2) is 5.10. The van der Waals surface area contributed by atoms with Crippen molar-refractivity contribution in [3.05, 3.63) is 70.7 Å². The number of hydrogen-bond donors (Lipinski definition) is 1. The summed E-state index contributed by atoms with van der Waals surface area (Å²) in [6.45, 7) is 0. The standard InChI is InChI=1S/C17H11BrO2/c18-12-8-9-15(17(19)20)16(10-12)14-7-3-5-11-4-1-2-6-13(11)14/h1-10H,(H,19,20). The molecule has 0 aliphatic heterocycles. The third kappa shape index (κ3) is 2.21. The molecule has 0 unspecified atom stereocenters. The Labute approximate surface area is 124 Å². The Morgan fingerprint density at radius 2 is 1.65 bits per heavy atom. The van der Waals surface area contributed by atoms with Crippen LogP contribution in [0.25, 0.3) is 21.9 Å². The van der Waals surface area contributed by atoms with Gasteiger partial charge in [-0.15, -0.1) is 0 Å². The lowest BCUT2D eigenvalue weighted by Crippen LogP contribution is -1.99. The first-order valence-corrected chi connectivity index (χ1v) is 6.97. The molecule has 20 heavy (non-hydrogen) atoms. The van der Waals surface area contributed by atoms with Crippen molar-refractivity contribution in [3.8, 4) is 11.1 Å². The van der Waals surface area contributed by atoms with Gasteiger partial charge in [0, 0.05) is 4.47 Å². The van der Waals surface area contributed by atoms with E-state index in [-0.39, 0.29) is 0 Å². The van der Waals surface area contributed by atoms with Crippen LogP contribution in [0.4, 0.5) is 0 Å². The third-order valence-corrected chi connectivity index (χ3v) is 3.79. The van der Waals surface area contributed by atoms with Crippen LogP contribution in [0.15, 0.2) is 65.1 Å². The van der Waals surface area contributed by atoms with E-state index in [4.69, 9.17) is 0 Å². The predicted molar refractivity (Wildman–Crippen MR) is 84.0 cm³/mol. The molecule has 0 aromatic heterocycles. The lowest BCUT2D eigenvalue weighted by Gasteiger charge is -2.10. The zero-order valence-corrected chi connectivity index (χ0v) is 12.1. The maximum Gasteiger partial charge on any atom is 0.336 e. The molecule has 0 saturated carbocycles. The van der Waals surface area contributed by atoms with Gasteiger partial charge < -0.3 is 5.11 Å². The molecule has 3 aromatic carbocycles. The molecule has 0 atom stereocenters. The number of benzene rings is 3. The quantitative estimate of drug-likeness (QED) is 0.722. The van der Waals surface area contributed by atoms with E-state index >= 15 is 0 Å². The van der Waals surface area contributed by atoms with E-state index in [1.165, 1.54) is 0 Å². The molecule has 0 aliphatic carbocycles. The van der Waals surface area contributed by atoms with E-state index in [0.717, 1.165) is 26.4 Å². The van der Waals surface area contributed by atoms with Crippen LogP contribution in [-0.2, 0) is 0 Å². The van der Waals surface area contributed by atoms with Crippen molar-refractivity contribution < 1.29 is 9.90 Å². The normalized spacial score (nSPS) is 10.7.